The second-order valence-electron chi connectivity index (χ2n) is 7.13. The van der Waals surface area contributed by atoms with E-state index in [-0.39, 0.29) is 5.82 Å². The summed E-state index contributed by atoms with van der Waals surface area (Å²) in [6, 6.07) is 16.7. The fourth-order valence-corrected chi connectivity index (χ4v) is 4.03. The first-order valence-electron chi connectivity index (χ1n) is 9.63. The Morgan fingerprint density at radius 3 is 2.61 bits per heavy atom. The van der Waals surface area contributed by atoms with Crippen molar-refractivity contribution in [3.63, 3.8) is 0 Å². The van der Waals surface area contributed by atoms with Gasteiger partial charge in [-0.05, 0) is 0 Å². The molecule has 140 valence electrons. The van der Waals surface area contributed by atoms with Crippen LogP contribution in [0.2, 0.25) is 0 Å². The fourth-order valence-electron chi connectivity index (χ4n) is 4.03. The number of hydrogen-bond donors (Lipinski definition) is 0. The summed E-state index contributed by atoms with van der Waals surface area (Å²) in [5.41, 5.74) is 6.89. The molecule has 0 fully saturated rings. The van der Waals surface area contributed by atoms with Gasteiger partial charge in [0, 0.05) is 0 Å². The summed E-state index contributed by atoms with van der Waals surface area (Å²) in [7, 11) is 0. The van der Waals surface area contributed by atoms with E-state index in [0.717, 1.165) is 34.1 Å². The van der Waals surface area contributed by atoms with E-state index in [1.807, 2.05) is 42.4 Å². The van der Waals surface area contributed by atoms with Crippen LogP contribution in [0, 0.1) is 12.7 Å². The van der Waals surface area contributed by atoms with Gasteiger partial charge < -0.3 is 0 Å². The van der Waals surface area contributed by atoms with Gasteiger partial charge in [-0.25, -0.2) is 0 Å². The molecule has 0 N–H and O–H groups in total. The van der Waals surface area contributed by atoms with Crippen LogP contribution in [-0.2, 0) is 19.6 Å². The second-order valence-corrected chi connectivity index (χ2v) is 7.13. The van der Waals surface area contributed by atoms with Crippen molar-refractivity contribution in [3.8, 4) is 11.1 Å². The number of rotatable bonds is 5. The average molecular weight is 373 g/mol. The van der Waals surface area contributed by atoms with Gasteiger partial charge in [0.15, 0.2) is 0 Å². The molecule has 0 unspecified atom stereocenters. The molecule has 0 atom stereocenters. The summed E-state index contributed by atoms with van der Waals surface area (Å²) in [4.78, 5) is 0. The van der Waals surface area contributed by atoms with Crippen LogP contribution in [0.25, 0.3) is 22.0 Å². The van der Waals surface area contributed by atoms with Crippen LogP contribution in [0.3, 0.4) is 0 Å². The van der Waals surface area contributed by atoms with Crippen LogP contribution in [0.15, 0.2) is 60.6 Å². The Labute approximate surface area is 164 Å². The summed E-state index contributed by atoms with van der Waals surface area (Å²) in [5.74, 6) is 1.84. The molecule has 0 amide bonds. The molecule has 2 aromatic heterocycles. The van der Waals surface area contributed by atoms with Gasteiger partial charge >= 0.3 is 164 Å². The van der Waals surface area contributed by atoms with E-state index in [2.05, 4.69) is 31.4 Å². The predicted octanol–water partition coefficient (Wildman–Crippen LogP) is 6.17. The van der Waals surface area contributed by atoms with Gasteiger partial charge in [0.05, 0.1) is 0 Å². The van der Waals surface area contributed by atoms with Crippen LogP contribution in [0.1, 0.15) is 29.2 Å². The summed E-state index contributed by atoms with van der Waals surface area (Å²) >= 11 is 0. The number of hydrogen-bond acceptors (Lipinski definition) is 0. The Bertz CT molecular complexity index is 1150. The van der Waals surface area contributed by atoms with Gasteiger partial charge in [-0.2, -0.15) is 0 Å². The number of benzene rings is 2. The van der Waals surface area contributed by atoms with Crippen LogP contribution in [-0.4, -0.2) is 11.5 Å². The van der Waals surface area contributed by atoms with Crippen molar-refractivity contribution in [2.75, 3.05) is 0 Å². The third kappa shape index (κ3) is 3.17. The molecule has 4 rings (SSSR count). The topological polar surface area (TPSA) is 4.93 Å². The zero-order valence-electron chi connectivity index (χ0n) is 16.2. The maximum atomic E-state index is 14.3. The second kappa shape index (κ2) is 7.71. The molecule has 28 heavy (non-hydrogen) atoms. The van der Waals surface area contributed by atoms with Gasteiger partial charge in [-0.15, -0.1) is 0 Å². The Hall–Kier alpha value is -2.75. The zero-order valence-corrected chi connectivity index (χ0v) is 16.2. The van der Waals surface area contributed by atoms with E-state index in [1.54, 1.807) is 6.07 Å². The van der Waals surface area contributed by atoms with Gasteiger partial charge in [0.25, 0.3) is 0 Å². The summed E-state index contributed by atoms with van der Waals surface area (Å²) in [5, 5.41) is 1.02. The minimum atomic E-state index is -0.498. The van der Waals surface area contributed by atoms with Gasteiger partial charge in [0.1, 0.15) is 0 Å². The first-order chi connectivity index (χ1) is 13.6. The maximum absolute atomic E-state index is 14.3. The summed E-state index contributed by atoms with van der Waals surface area (Å²) < 4.78 is 29.8. The Morgan fingerprint density at radius 2 is 1.86 bits per heavy atom. The van der Waals surface area contributed by atoms with Gasteiger partial charge in [-0.3, -0.25) is 0 Å². The van der Waals surface area contributed by atoms with Crippen LogP contribution in [0.4, 0.5) is 8.78 Å². The molecular formula is C24H22BF2N. The molecule has 4 aromatic rings. The van der Waals surface area contributed by atoms with Crippen LogP contribution < -0.4 is 0 Å². The molecule has 2 aromatic carbocycles. The van der Waals surface area contributed by atoms with Gasteiger partial charge in [-0.1, -0.05) is 0 Å². The predicted molar refractivity (Wildman–Crippen MR) is 113 cm³/mol. The Balaban J connectivity index is 1.99. The molecule has 4 heteroatoms. The number of nitrogens with zero attached hydrogens (tertiary/aromatic N) is 1. The molecule has 0 aliphatic carbocycles. The average Bonchev–Trinajstić information content (AvgIpc) is 3.00. The van der Waals surface area contributed by atoms with Crippen molar-refractivity contribution in [2.45, 2.75) is 33.5 Å². The fraction of sp³-hybridized carbons (Fsp3) is 0.208. The number of aryl methyl sites for hydroxylation is 1. The third-order valence-electron chi connectivity index (χ3n) is 5.50. The molecule has 0 bridgehead atoms. The summed E-state index contributed by atoms with van der Waals surface area (Å²) in [6.45, 7) is 6.28. The van der Waals surface area contributed by atoms with Crippen molar-refractivity contribution >= 4 is 17.8 Å². The van der Waals surface area contributed by atoms with E-state index in [0.29, 0.717) is 17.7 Å². The number of halogens is 2. The van der Waals surface area contributed by atoms with Crippen molar-refractivity contribution in [3.05, 3.63) is 88.7 Å². The van der Waals surface area contributed by atoms with Crippen molar-refractivity contribution < 1.29 is 8.78 Å². The molecule has 0 radical (unpaired) electrons. The van der Waals surface area contributed by atoms with Gasteiger partial charge in [0.2, 0.25) is 0 Å². The first-order valence-corrected chi connectivity index (χ1v) is 9.63. The summed E-state index contributed by atoms with van der Waals surface area (Å²) in [6.07, 6.45) is 0.915. The minimum absolute atomic E-state index is 0.209. The van der Waals surface area contributed by atoms with E-state index in [9.17, 15) is 8.78 Å². The Kier molecular flexibility index (Phi) is 5.12. The zero-order chi connectivity index (χ0) is 19.7. The molecule has 0 saturated carbocycles. The van der Waals surface area contributed by atoms with E-state index < -0.39 is 6.67 Å². The normalized spacial score (nSPS) is 11.1. The third-order valence-corrected chi connectivity index (χ3v) is 5.50. The molecule has 0 spiro atoms. The Morgan fingerprint density at radius 1 is 1.04 bits per heavy atom. The van der Waals surface area contributed by atoms with Crippen molar-refractivity contribution in [1.29, 1.82) is 0 Å². The quantitative estimate of drug-likeness (QED) is 0.394. The standard InChI is InChI=1S/C24H22BF2N/c1-3-21-19(8-6-12-25-21)24-16(2)28(15-18-7-4-5-9-22(18)27)23-11-10-17(14-26)13-20(23)24/h4-13H,3,14-15H2,1-2H3. The first kappa shape index (κ1) is 18.6. The van der Waals surface area contributed by atoms with Crippen molar-refractivity contribution in [1.82, 2.24) is 4.57 Å². The monoisotopic (exact) mass is 373 g/mol. The molecular weight excluding hydrogens is 351 g/mol. The molecule has 0 saturated heterocycles. The van der Waals surface area contributed by atoms with E-state index >= 15 is 0 Å². The molecule has 2 heterocycles. The number of aromatic nitrogens is 1. The SMILES string of the molecule is CCc1bcccc1-c1c(C)n(Cc2ccccc2F)c2ccc(CF)cc12. The molecule has 1 nitrogen and oxygen atoms in total. The van der Waals surface area contributed by atoms with Crippen LogP contribution in [0.5, 0.6) is 0 Å². The molecule has 0 aliphatic rings. The number of fused-ring (bicyclic) bond motifs is 1. The number of alkyl halides is 1. The molecule has 0 aliphatic heterocycles. The van der Waals surface area contributed by atoms with E-state index in [1.165, 1.54) is 11.5 Å². The van der Waals surface area contributed by atoms with Crippen LogP contribution >= 0.6 is 0 Å². The van der Waals surface area contributed by atoms with E-state index in [4.69, 9.17) is 0 Å². The van der Waals surface area contributed by atoms with Crippen molar-refractivity contribution in [2.24, 2.45) is 0 Å².